The molecule has 0 aliphatic rings. The highest BCUT2D eigenvalue weighted by Crippen LogP contribution is 2.21. The molecule has 1 aromatic heterocycles. The Morgan fingerprint density at radius 1 is 1.50 bits per heavy atom. The monoisotopic (exact) mass is 211 g/mol. The highest BCUT2D eigenvalue weighted by Gasteiger charge is 2.02. The Kier molecular flexibility index (Phi) is 4.26. The van der Waals surface area contributed by atoms with Crippen LogP contribution in [-0.2, 0) is 0 Å². The highest BCUT2D eigenvalue weighted by atomic mass is 32.2. The molecule has 0 saturated carbocycles. The maximum atomic E-state index is 5.53. The topological polar surface area (TPSA) is 22.1 Å². The van der Waals surface area contributed by atoms with E-state index in [0.717, 1.165) is 12.5 Å². The van der Waals surface area contributed by atoms with E-state index in [4.69, 9.17) is 4.74 Å². The number of hydrogen-bond acceptors (Lipinski definition) is 3. The lowest BCUT2D eigenvalue weighted by Gasteiger charge is -2.09. The first-order valence-corrected chi connectivity index (χ1v) is 5.99. The van der Waals surface area contributed by atoms with Crippen molar-refractivity contribution in [3.63, 3.8) is 0 Å². The van der Waals surface area contributed by atoms with Crippen LogP contribution in [0.3, 0.4) is 0 Å². The fourth-order valence-electron chi connectivity index (χ4n) is 1.06. The van der Waals surface area contributed by atoms with Crippen LogP contribution in [0.1, 0.15) is 19.4 Å². The first-order valence-electron chi connectivity index (χ1n) is 4.77. The van der Waals surface area contributed by atoms with Gasteiger partial charge in [-0.15, -0.1) is 11.8 Å². The Hall–Kier alpha value is -0.700. The van der Waals surface area contributed by atoms with Gasteiger partial charge < -0.3 is 4.74 Å². The van der Waals surface area contributed by atoms with Crippen LogP contribution in [0, 0.1) is 12.8 Å². The molecule has 1 aromatic rings. The number of aromatic nitrogens is 1. The molecule has 0 aliphatic carbocycles. The van der Waals surface area contributed by atoms with Crippen LogP contribution in [0.5, 0.6) is 5.88 Å². The second-order valence-electron chi connectivity index (χ2n) is 3.70. The van der Waals surface area contributed by atoms with Crippen LogP contribution >= 0.6 is 11.8 Å². The lowest BCUT2D eigenvalue weighted by Crippen LogP contribution is -2.05. The van der Waals surface area contributed by atoms with Gasteiger partial charge in [0.2, 0.25) is 5.88 Å². The molecule has 0 saturated heterocycles. The SMILES string of the molecule is CSc1cnc(OCC(C)C)cc1C. The van der Waals surface area contributed by atoms with Crippen molar-refractivity contribution in [2.24, 2.45) is 5.92 Å². The molecule has 1 rings (SSSR count). The molecule has 0 aliphatic heterocycles. The number of nitrogens with zero attached hydrogens (tertiary/aromatic N) is 1. The smallest absolute Gasteiger partial charge is 0.213 e. The maximum absolute atomic E-state index is 5.53. The summed E-state index contributed by atoms with van der Waals surface area (Å²) in [6.07, 6.45) is 3.92. The van der Waals surface area contributed by atoms with Gasteiger partial charge in [-0.2, -0.15) is 0 Å². The molecule has 14 heavy (non-hydrogen) atoms. The number of rotatable bonds is 4. The van der Waals surface area contributed by atoms with E-state index in [9.17, 15) is 0 Å². The summed E-state index contributed by atoms with van der Waals surface area (Å²) in [5.74, 6) is 1.27. The fraction of sp³-hybridized carbons (Fsp3) is 0.545. The summed E-state index contributed by atoms with van der Waals surface area (Å²) in [5.41, 5.74) is 1.23. The third kappa shape index (κ3) is 3.22. The summed E-state index contributed by atoms with van der Waals surface area (Å²) >= 11 is 1.71. The first-order chi connectivity index (χ1) is 6.63. The third-order valence-electron chi connectivity index (χ3n) is 1.82. The van der Waals surface area contributed by atoms with Gasteiger partial charge in [0, 0.05) is 17.2 Å². The lowest BCUT2D eigenvalue weighted by atomic mass is 10.2. The molecule has 3 heteroatoms. The fourth-order valence-corrected chi connectivity index (χ4v) is 1.60. The molecule has 0 unspecified atom stereocenters. The van der Waals surface area contributed by atoms with Crippen molar-refractivity contribution < 1.29 is 4.74 Å². The number of pyridine rings is 1. The summed E-state index contributed by atoms with van der Waals surface area (Å²) in [5, 5.41) is 0. The zero-order valence-corrected chi connectivity index (χ0v) is 10.0. The molecule has 1 heterocycles. The number of hydrogen-bond donors (Lipinski definition) is 0. The maximum Gasteiger partial charge on any atom is 0.213 e. The molecule has 0 amide bonds. The summed E-state index contributed by atoms with van der Waals surface area (Å²) in [6.45, 7) is 7.06. The van der Waals surface area contributed by atoms with E-state index in [1.165, 1.54) is 10.5 Å². The Morgan fingerprint density at radius 3 is 2.71 bits per heavy atom. The zero-order valence-electron chi connectivity index (χ0n) is 9.20. The van der Waals surface area contributed by atoms with E-state index < -0.39 is 0 Å². The molecule has 0 atom stereocenters. The van der Waals surface area contributed by atoms with Crippen LogP contribution in [0.25, 0.3) is 0 Å². The van der Waals surface area contributed by atoms with Gasteiger partial charge in [-0.05, 0) is 24.7 Å². The van der Waals surface area contributed by atoms with Crippen LogP contribution in [0.15, 0.2) is 17.2 Å². The van der Waals surface area contributed by atoms with Crippen molar-refractivity contribution in [2.75, 3.05) is 12.9 Å². The normalized spacial score (nSPS) is 10.6. The van der Waals surface area contributed by atoms with Gasteiger partial charge in [0.05, 0.1) is 6.61 Å². The van der Waals surface area contributed by atoms with Gasteiger partial charge in [-0.25, -0.2) is 4.98 Å². The van der Waals surface area contributed by atoms with Crippen molar-refractivity contribution >= 4 is 11.8 Å². The predicted octanol–water partition coefficient (Wildman–Crippen LogP) is 3.15. The van der Waals surface area contributed by atoms with Crippen molar-refractivity contribution in [3.05, 3.63) is 17.8 Å². The molecule has 0 spiro atoms. The Bertz CT molecular complexity index is 299. The minimum atomic E-state index is 0.539. The Morgan fingerprint density at radius 2 is 2.21 bits per heavy atom. The molecular formula is C11H17NOS. The van der Waals surface area contributed by atoms with Crippen molar-refractivity contribution in [3.8, 4) is 5.88 Å². The second kappa shape index (κ2) is 5.25. The van der Waals surface area contributed by atoms with Crippen LogP contribution < -0.4 is 4.74 Å². The van der Waals surface area contributed by atoms with E-state index in [1.54, 1.807) is 11.8 Å². The van der Waals surface area contributed by atoms with Crippen molar-refractivity contribution in [1.82, 2.24) is 4.98 Å². The van der Waals surface area contributed by atoms with Crippen LogP contribution in [0.2, 0.25) is 0 Å². The number of ether oxygens (including phenoxy) is 1. The minimum absolute atomic E-state index is 0.539. The lowest BCUT2D eigenvalue weighted by molar-refractivity contribution is 0.261. The van der Waals surface area contributed by atoms with Gasteiger partial charge in [0.15, 0.2) is 0 Å². The summed E-state index contributed by atoms with van der Waals surface area (Å²) in [6, 6.07) is 1.99. The van der Waals surface area contributed by atoms with Crippen LogP contribution in [0.4, 0.5) is 0 Å². The zero-order chi connectivity index (χ0) is 10.6. The van der Waals surface area contributed by atoms with Gasteiger partial charge in [0.25, 0.3) is 0 Å². The van der Waals surface area contributed by atoms with Crippen molar-refractivity contribution in [2.45, 2.75) is 25.7 Å². The highest BCUT2D eigenvalue weighted by molar-refractivity contribution is 7.98. The standard InChI is InChI=1S/C11H17NOS/c1-8(2)7-13-11-5-9(3)10(14-4)6-12-11/h5-6,8H,7H2,1-4H3. The Labute approximate surface area is 90.1 Å². The molecule has 0 fully saturated rings. The molecule has 0 bridgehead atoms. The molecule has 0 radical (unpaired) electrons. The van der Waals surface area contributed by atoms with Crippen LogP contribution in [-0.4, -0.2) is 17.8 Å². The third-order valence-corrected chi connectivity index (χ3v) is 2.69. The van der Waals surface area contributed by atoms with Gasteiger partial charge in [-0.3, -0.25) is 0 Å². The first kappa shape index (κ1) is 11.4. The van der Waals surface area contributed by atoms with Gasteiger partial charge >= 0.3 is 0 Å². The van der Waals surface area contributed by atoms with E-state index in [0.29, 0.717) is 5.92 Å². The average Bonchev–Trinajstić information content (AvgIpc) is 2.15. The largest absolute Gasteiger partial charge is 0.477 e. The molecule has 0 aromatic carbocycles. The van der Waals surface area contributed by atoms with E-state index in [1.807, 2.05) is 12.3 Å². The summed E-state index contributed by atoms with van der Waals surface area (Å²) < 4.78 is 5.53. The second-order valence-corrected chi connectivity index (χ2v) is 4.55. The van der Waals surface area contributed by atoms with E-state index in [2.05, 4.69) is 32.0 Å². The van der Waals surface area contributed by atoms with Gasteiger partial charge in [0.1, 0.15) is 0 Å². The molecule has 78 valence electrons. The molecule has 2 nitrogen and oxygen atoms in total. The Balaban J connectivity index is 2.66. The van der Waals surface area contributed by atoms with Crippen molar-refractivity contribution in [1.29, 1.82) is 0 Å². The molecular weight excluding hydrogens is 194 g/mol. The van der Waals surface area contributed by atoms with E-state index in [-0.39, 0.29) is 0 Å². The minimum Gasteiger partial charge on any atom is -0.477 e. The van der Waals surface area contributed by atoms with Gasteiger partial charge in [-0.1, -0.05) is 13.8 Å². The number of aryl methyl sites for hydroxylation is 1. The summed E-state index contributed by atoms with van der Waals surface area (Å²) in [4.78, 5) is 5.45. The predicted molar refractivity (Wildman–Crippen MR) is 61.1 cm³/mol. The summed E-state index contributed by atoms with van der Waals surface area (Å²) in [7, 11) is 0. The van der Waals surface area contributed by atoms with E-state index >= 15 is 0 Å². The quantitative estimate of drug-likeness (QED) is 0.714. The number of thioether (sulfide) groups is 1. The average molecular weight is 211 g/mol. The molecule has 0 N–H and O–H groups in total.